The smallest absolute Gasteiger partial charge is 0.410 e. The summed E-state index contributed by atoms with van der Waals surface area (Å²) < 4.78 is 5.22. The van der Waals surface area contributed by atoms with E-state index in [2.05, 4.69) is 0 Å². The molecule has 1 saturated heterocycles. The van der Waals surface area contributed by atoms with Crippen molar-refractivity contribution >= 4 is 6.09 Å². The molecule has 1 aliphatic rings. The lowest BCUT2D eigenvalue weighted by atomic mass is 10.1. The van der Waals surface area contributed by atoms with E-state index in [0.29, 0.717) is 25.9 Å². The average Bonchev–Trinajstić information content (AvgIpc) is 2.60. The van der Waals surface area contributed by atoms with E-state index in [-0.39, 0.29) is 6.61 Å². The van der Waals surface area contributed by atoms with Gasteiger partial charge in [-0.25, -0.2) is 4.79 Å². The molecule has 19 heavy (non-hydrogen) atoms. The average molecular weight is 265 g/mol. The minimum Gasteiger partial charge on any atom is -0.445 e. The molecule has 1 amide bonds. The van der Waals surface area contributed by atoms with Gasteiger partial charge in [0.25, 0.3) is 0 Å². The van der Waals surface area contributed by atoms with Crippen LogP contribution in [0.2, 0.25) is 0 Å². The molecule has 1 aromatic carbocycles. The minimum atomic E-state index is -0.757. The van der Waals surface area contributed by atoms with Crippen molar-refractivity contribution in [3.63, 3.8) is 0 Å². The van der Waals surface area contributed by atoms with Gasteiger partial charge < -0.3 is 19.8 Å². The summed E-state index contributed by atoms with van der Waals surface area (Å²) in [6, 6.07) is 9.47. The van der Waals surface area contributed by atoms with Crippen molar-refractivity contribution in [2.45, 2.75) is 31.7 Å². The molecule has 1 aliphatic heterocycles. The van der Waals surface area contributed by atoms with Gasteiger partial charge in [0.15, 0.2) is 0 Å². The van der Waals surface area contributed by atoms with Crippen LogP contribution in [0, 0.1) is 0 Å². The standard InChI is InChI=1S/C14H19NO4/c16-12-6-8-15(9-7-13(12)17)14(18)19-10-11-4-2-1-3-5-11/h1-5,12-13,16-17H,6-10H2/t12-,13+. The molecule has 5 nitrogen and oxygen atoms in total. The van der Waals surface area contributed by atoms with E-state index in [4.69, 9.17) is 4.74 Å². The largest absolute Gasteiger partial charge is 0.445 e. The van der Waals surface area contributed by atoms with E-state index >= 15 is 0 Å². The second-order valence-corrected chi connectivity index (χ2v) is 4.74. The second-order valence-electron chi connectivity index (χ2n) is 4.74. The number of ether oxygens (including phenoxy) is 1. The summed E-state index contributed by atoms with van der Waals surface area (Å²) in [5.74, 6) is 0. The Morgan fingerprint density at radius 3 is 2.32 bits per heavy atom. The number of likely N-dealkylation sites (tertiary alicyclic amines) is 1. The highest BCUT2D eigenvalue weighted by Gasteiger charge is 2.25. The lowest BCUT2D eigenvalue weighted by Crippen LogP contribution is -2.32. The summed E-state index contributed by atoms with van der Waals surface area (Å²) in [5.41, 5.74) is 0.936. The Labute approximate surface area is 112 Å². The van der Waals surface area contributed by atoms with Gasteiger partial charge in [0.05, 0.1) is 12.2 Å². The van der Waals surface area contributed by atoms with Crippen molar-refractivity contribution < 1.29 is 19.7 Å². The number of rotatable bonds is 2. The molecule has 1 fully saturated rings. The summed E-state index contributed by atoms with van der Waals surface area (Å²) in [5, 5.41) is 19.1. The van der Waals surface area contributed by atoms with Crippen molar-refractivity contribution in [1.29, 1.82) is 0 Å². The van der Waals surface area contributed by atoms with Crippen molar-refractivity contribution in [3.05, 3.63) is 35.9 Å². The zero-order valence-corrected chi connectivity index (χ0v) is 10.7. The number of aliphatic hydroxyl groups is 2. The number of nitrogens with zero attached hydrogens (tertiary/aromatic N) is 1. The topological polar surface area (TPSA) is 70.0 Å². The number of amides is 1. The minimum absolute atomic E-state index is 0.237. The maximum Gasteiger partial charge on any atom is 0.410 e. The van der Waals surface area contributed by atoms with E-state index in [1.807, 2.05) is 30.3 Å². The fourth-order valence-electron chi connectivity index (χ4n) is 2.07. The van der Waals surface area contributed by atoms with E-state index < -0.39 is 18.3 Å². The molecule has 5 heteroatoms. The highest BCUT2D eigenvalue weighted by Crippen LogP contribution is 2.13. The SMILES string of the molecule is O=C(OCc1ccccc1)N1CC[C@@H](O)[C@@H](O)CC1. The van der Waals surface area contributed by atoms with Crippen LogP contribution in [0.5, 0.6) is 0 Å². The first-order valence-corrected chi connectivity index (χ1v) is 6.48. The Morgan fingerprint density at radius 2 is 1.74 bits per heavy atom. The van der Waals surface area contributed by atoms with Gasteiger partial charge in [0, 0.05) is 13.1 Å². The maximum atomic E-state index is 11.9. The lowest BCUT2D eigenvalue weighted by molar-refractivity contribution is 0.0187. The van der Waals surface area contributed by atoms with Gasteiger partial charge in [-0.3, -0.25) is 0 Å². The Kier molecular flexibility index (Phi) is 4.76. The lowest BCUT2D eigenvalue weighted by Gasteiger charge is -2.19. The molecule has 0 saturated carbocycles. The van der Waals surface area contributed by atoms with Crippen molar-refractivity contribution in [2.24, 2.45) is 0 Å². The number of hydrogen-bond donors (Lipinski definition) is 2. The molecular formula is C14H19NO4. The van der Waals surface area contributed by atoms with E-state index in [9.17, 15) is 15.0 Å². The first-order chi connectivity index (χ1) is 9.16. The van der Waals surface area contributed by atoms with Gasteiger partial charge >= 0.3 is 6.09 Å². The molecular weight excluding hydrogens is 246 g/mol. The molecule has 2 rings (SSSR count). The number of aliphatic hydroxyl groups excluding tert-OH is 2. The molecule has 0 aromatic heterocycles. The molecule has 0 radical (unpaired) electrons. The van der Waals surface area contributed by atoms with Crippen LogP contribution < -0.4 is 0 Å². The van der Waals surface area contributed by atoms with Crippen molar-refractivity contribution in [1.82, 2.24) is 4.90 Å². The molecule has 2 atom stereocenters. The van der Waals surface area contributed by atoms with E-state index in [1.165, 1.54) is 4.90 Å². The Hall–Kier alpha value is -1.59. The third-order valence-corrected chi connectivity index (χ3v) is 3.30. The third-order valence-electron chi connectivity index (χ3n) is 3.30. The van der Waals surface area contributed by atoms with Crippen LogP contribution in [-0.4, -0.2) is 46.5 Å². The van der Waals surface area contributed by atoms with Crippen molar-refractivity contribution in [2.75, 3.05) is 13.1 Å². The molecule has 0 unspecified atom stereocenters. The van der Waals surface area contributed by atoms with Gasteiger partial charge in [0.1, 0.15) is 6.61 Å². The Morgan fingerprint density at radius 1 is 1.16 bits per heavy atom. The maximum absolute atomic E-state index is 11.9. The normalized spacial score (nSPS) is 23.8. The van der Waals surface area contributed by atoms with Crippen LogP contribution >= 0.6 is 0 Å². The van der Waals surface area contributed by atoms with Crippen LogP contribution in [0.1, 0.15) is 18.4 Å². The van der Waals surface area contributed by atoms with Crippen LogP contribution in [0.4, 0.5) is 4.79 Å². The van der Waals surface area contributed by atoms with Crippen LogP contribution in [0.15, 0.2) is 30.3 Å². The monoisotopic (exact) mass is 265 g/mol. The molecule has 1 heterocycles. The first kappa shape index (κ1) is 13.8. The van der Waals surface area contributed by atoms with Crippen molar-refractivity contribution in [3.8, 4) is 0 Å². The fraction of sp³-hybridized carbons (Fsp3) is 0.500. The predicted octanol–water partition coefficient (Wildman–Crippen LogP) is 1.14. The van der Waals surface area contributed by atoms with Gasteiger partial charge in [-0.15, -0.1) is 0 Å². The summed E-state index contributed by atoms with van der Waals surface area (Å²) >= 11 is 0. The fourth-order valence-corrected chi connectivity index (χ4v) is 2.07. The molecule has 1 aromatic rings. The Bertz CT molecular complexity index is 397. The molecule has 0 bridgehead atoms. The molecule has 0 spiro atoms. The van der Waals surface area contributed by atoms with Gasteiger partial charge in [-0.1, -0.05) is 30.3 Å². The molecule has 0 aliphatic carbocycles. The van der Waals surface area contributed by atoms with Crippen LogP contribution in [-0.2, 0) is 11.3 Å². The summed E-state index contributed by atoms with van der Waals surface area (Å²) in [4.78, 5) is 13.4. The molecule has 2 N–H and O–H groups in total. The number of benzene rings is 1. The summed E-state index contributed by atoms with van der Waals surface area (Å²) in [6.45, 7) is 1.05. The number of carbonyl (C=O) groups is 1. The Balaban J connectivity index is 1.83. The van der Waals surface area contributed by atoms with Crippen LogP contribution in [0.3, 0.4) is 0 Å². The van der Waals surface area contributed by atoms with E-state index in [0.717, 1.165) is 5.56 Å². The first-order valence-electron chi connectivity index (χ1n) is 6.48. The van der Waals surface area contributed by atoms with Crippen LogP contribution in [0.25, 0.3) is 0 Å². The highest BCUT2D eigenvalue weighted by atomic mass is 16.6. The number of hydrogen-bond acceptors (Lipinski definition) is 4. The second kappa shape index (κ2) is 6.54. The number of carbonyl (C=O) groups excluding carboxylic acids is 1. The molecule has 104 valence electrons. The van der Waals surface area contributed by atoms with Gasteiger partial charge in [-0.05, 0) is 18.4 Å². The summed E-state index contributed by atoms with van der Waals surface area (Å²) in [6.07, 6.45) is -1.16. The van der Waals surface area contributed by atoms with E-state index in [1.54, 1.807) is 0 Å². The zero-order chi connectivity index (χ0) is 13.7. The third kappa shape index (κ3) is 3.94. The predicted molar refractivity (Wildman–Crippen MR) is 69.4 cm³/mol. The highest BCUT2D eigenvalue weighted by molar-refractivity contribution is 5.67. The van der Waals surface area contributed by atoms with Gasteiger partial charge in [-0.2, -0.15) is 0 Å². The quantitative estimate of drug-likeness (QED) is 0.841. The van der Waals surface area contributed by atoms with Gasteiger partial charge in [0.2, 0.25) is 0 Å². The zero-order valence-electron chi connectivity index (χ0n) is 10.7. The summed E-state index contributed by atoms with van der Waals surface area (Å²) in [7, 11) is 0.